The molecule has 5 nitrogen and oxygen atoms in total. The van der Waals surface area contributed by atoms with Crippen LogP contribution in [0.15, 0.2) is 48.5 Å². The van der Waals surface area contributed by atoms with E-state index in [1.54, 1.807) is 0 Å². The number of nitrogens with zero attached hydrogens (tertiary/aromatic N) is 1. The topological polar surface area (TPSA) is 66.5 Å². The van der Waals surface area contributed by atoms with Gasteiger partial charge in [0.25, 0.3) is 5.91 Å². The highest BCUT2D eigenvalue weighted by molar-refractivity contribution is 6.01. The Labute approximate surface area is 163 Å². The van der Waals surface area contributed by atoms with Gasteiger partial charge in [-0.1, -0.05) is 24.3 Å². The van der Waals surface area contributed by atoms with E-state index < -0.39 is 23.9 Å². The maximum atomic E-state index is 13.4. The van der Waals surface area contributed by atoms with E-state index in [4.69, 9.17) is 0 Å². The monoisotopic (exact) mass is 408 g/mol. The number of hydrogen-bond acceptors (Lipinski definition) is 3. The zero-order chi connectivity index (χ0) is 21.2. The fourth-order valence-corrected chi connectivity index (χ4v) is 2.97. The summed E-state index contributed by atoms with van der Waals surface area (Å²) in [6.45, 7) is 0.0420. The third-order valence-corrected chi connectivity index (χ3v) is 4.52. The second kappa shape index (κ2) is 8.02. The lowest BCUT2D eigenvalue weighted by Crippen LogP contribution is -2.38. The Hall–Kier alpha value is -3.23. The van der Waals surface area contributed by atoms with Crippen molar-refractivity contribution in [3.05, 3.63) is 71.0 Å². The van der Waals surface area contributed by atoms with E-state index in [2.05, 4.69) is 0 Å². The van der Waals surface area contributed by atoms with Crippen LogP contribution in [0, 0.1) is 5.82 Å². The fourth-order valence-electron chi connectivity index (χ4n) is 2.97. The van der Waals surface area contributed by atoms with E-state index in [0.717, 1.165) is 29.2 Å². The molecular weight excluding hydrogens is 392 g/mol. The van der Waals surface area contributed by atoms with Gasteiger partial charge in [0.05, 0.1) is 6.54 Å². The van der Waals surface area contributed by atoms with Crippen molar-refractivity contribution < 1.29 is 31.9 Å². The summed E-state index contributed by atoms with van der Waals surface area (Å²) in [6.07, 6.45) is -4.47. The van der Waals surface area contributed by atoms with Crippen LogP contribution < -0.4 is 5.32 Å². The second-order valence-corrected chi connectivity index (χ2v) is 6.57. The number of alkyl halides is 3. The normalized spacial score (nSPS) is 15.5. The number of carbonyl (C=O) groups is 3. The lowest BCUT2D eigenvalue weighted by atomic mass is 10.1. The van der Waals surface area contributed by atoms with Crippen LogP contribution in [0.1, 0.15) is 40.4 Å². The van der Waals surface area contributed by atoms with Gasteiger partial charge in [-0.05, 0) is 35.4 Å². The first-order valence-electron chi connectivity index (χ1n) is 8.70. The zero-order valence-electron chi connectivity index (χ0n) is 15.0. The molecule has 0 saturated carbocycles. The molecule has 1 N–H and O–H groups in total. The number of benzene rings is 2. The number of halogens is 4. The first-order chi connectivity index (χ1) is 13.6. The van der Waals surface area contributed by atoms with Crippen molar-refractivity contribution in [2.75, 3.05) is 0 Å². The SMILES string of the molecule is O=C(NC(c1ccc(F)cc1)C(F)(F)F)c1ccc(CN2C(=O)CCC2=O)cc1. The Balaban J connectivity index is 1.72. The molecule has 0 aliphatic carbocycles. The third kappa shape index (κ3) is 4.79. The summed E-state index contributed by atoms with van der Waals surface area (Å²) < 4.78 is 53.1. The number of nitrogens with one attached hydrogen (secondary N) is 1. The van der Waals surface area contributed by atoms with Gasteiger partial charge in [-0.3, -0.25) is 19.3 Å². The molecule has 2 aromatic rings. The maximum Gasteiger partial charge on any atom is 0.412 e. The molecule has 1 unspecified atom stereocenters. The maximum absolute atomic E-state index is 13.4. The van der Waals surface area contributed by atoms with Crippen LogP contribution in [0.3, 0.4) is 0 Å². The van der Waals surface area contributed by atoms with Gasteiger partial charge in [-0.15, -0.1) is 0 Å². The number of carbonyl (C=O) groups excluding carboxylic acids is 3. The molecule has 1 aliphatic rings. The van der Waals surface area contributed by atoms with E-state index in [1.165, 1.54) is 24.3 Å². The average molecular weight is 408 g/mol. The van der Waals surface area contributed by atoms with Gasteiger partial charge in [0.2, 0.25) is 11.8 Å². The highest BCUT2D eigenvalue weighted by atomic mass is 19.4. The molecule has 2 aromatic carbocycles. The van der Waals surface area contributed by atoms with Crippen molar-refractivity contribution >= 4 is 17.7 Å². The van der Waals surface area contributed by atoms with Crippen LogP contribution in [0.5, 0.6) is 0 Å². The fraction of sp³-hybridized carbons (Fsp3) is 0.250. The third-order valence-electron chi connectivity index (χ3n) is 4.52. The summed E-state index contributed by atoms with van der Waals surface area (Å²) in [5.41, 5.74) is 0.246. The van der Waals surface area contributed by atoms with Gasteiger partial charge in [-0.2, -0.15) is 13.2 Å². The summed E-state index contributed by atoms with van der Waals surface area (Å²) in [7, 11) is 0. The Morgan fingerprint density at radius 3 is 2.03 bits per heavy atom. The molecule has 29 heavy (non-hydrogen) atoms. The van der Waals surface area contributed by atoms with Gasteiger partial charge < -0.3 is 5.32 Å². The van der Waals surface area contributed by atoms with E-state index in [0.29, 0.717) is 5.56 Å². The first-order valence-corrected chi connectivity index (χ1v) is 8.70. The average Bonchev–Trinajstić information content (AvgIpc) is 2.98. The second-order valence-electron chi connectivity index (χ2n) is 6.57. The van der Waals surface area contributed by atoms with Gasteiger partial charge in [0.15, 0.2) is 6.04 Å². The minimum atomic E-state index is -4.77. The molecule has 3 amide bonds. The van der Waals surface area contributed by atoms with E-state index in [-0.39, 0.29) is 42.3 Å². The van der Waals surface area contributed by atoms with Crippen LogP contribution in [-0.4, -0.2) is 28.8 Å². The summed E-state index contributed by atoms with van der Waals surface area (Å²) in [5.74, 6) is -2.23. The molecule has 152 valence electrons. The van der Waals surface area contributed by atoms with Crippen LogP contribution in [0.2, 0.25) is 0 Å². The van der Waals surface area contributed by atoms with Crippen molar-refractivity contribution in [3.63, 3.8) is 0 Å². The zero-order valence-corrected chi connectivity index (χ0v) is 15.0. The lowest BCUT2D eigenvalue weighted by Gasteiger charge is -2.22. The predicted molar refractivity (Wildman–Crippen MR) is 93.9 cm³/mol. The number of hydrogen-bond donors (Lipinski definition) is 1. The largest absolute Gasteiger partial charge is 0.412 e. The minimum absolute atomic E-state index is 0.0239. The molecule has 1 saturated heterocycles. The Bertz CT molecular complexity index is 908. The van der Waals surface area contributed by atoms with Crippen molar-refractivity contribution in [1.29, 1.82) is 0 Å². The minimum Gasteiger partial charge on any atom is -0.337 e. The molecular formula is C20H16F4N2O3. The lowest BCUT2D eigenvalue weighted by molar-refractivity contribution is -0.155. The quantitative estimate of drug-likeness (QED) is 0.608. The molecule has 0 spiro atoms. The van der Waals surface area contributed by atoms with Gasteiger partial charge in [-0.25, -0.2) is 4.39 Å². The highest BCUT2D eigenvalue weighted by Crippen LogP contribution is 2.33. The van der Waals surface area contributed by atoms with Crippen LogP contribution in [0.25, 0.3) is 0 Å². The van der Waals surface area contributed by atoms with Gasteiger partial charge >= 0.3 is 6.18 Å². The first kappa shape index (κ1) is 20.5. The van der Waals surface area contributed by atoms with Crippen molar-refractivity contribution in [3.8, 4) is 0 Å². The molecule has 1 aliphatic heterocycles. The number of rotatable bonds is 5. The standard InChI is InChI=1S/C20H16F4N2O3/c21-15-7-5-13(6-8-15)18(20(22,23)24)25-19(29)14-3-1-12(2-4-14)11-26-16(27)9-10-17(26)28/h1-8,18H,9-11H2,(H,25,29). The molecule has 0 bridgehead atoms. The Morgan fingerprint density at radius 1 is 0.966 bits per heavy atom. The van der Waals surface area contributed by atoms with Crippen LogP contribution in [-0.2, 0) is 16.1 Å². The molecule has 3 rings (SSSR count). The molecule has 1 atom stereocenters. The highest BCUT2D eigenvalue weighted by Gasteiger charge is 2.42. The molecule has 9 heteroatoms. The molecule has 0 aromatic heterocycles. The summed E-state index contributed by atoms with van der Waals surface area (Å²) >= 11 is 0. The molecule has 0 radical (unpaired) electrons. The van der Waals surface area contributed by atoms with Crippen molar-refractivity contribution in [1.82, 2.24) is 10.2 Å². The van der Waals surface area contributed by atoms with Gasteiger partial charge in [0, 0.05) is 18.4 Å². The van der Waals surface area contributed by atoms with E-state index in [1.807, 2.05) is 5.32 Å². The predicted octanol–water partition coefficient (Wildman–Crippen LogP) is 3.51. The van der Waals surface area contributed by atoms with Crippen molar-refractivity contribution in [2.24, 2.45) is 0 Å². The van der Waals surface area contributed by atoms with Crippen molar-refractivity contribution in [2.45, 2.75) is 31.6 Å². The van der Waals surface area contributed by atoms with E-state index in [9.17, 15) is 31.9 Å². The van der Waals surface area contributed by atoms with E-state index >= 15 is 0 Å². The molecule has 1 heterocycles. The number of likely N-dealkylation sites (tertiary alicyclic amines) is 1. The Kier molecular flexibility index (Phi) is 5.67. The Morgan fingerprint density at radius 2 is 1.52 bits per heavy atom. The smallest absolute Gasteiger partial charge is 0.337 e. The number of amides is 3. The number of imide groups is 1. The molecule has 1 fully saturated rings. The summed E-state index contributed by atoms with van der Waals surface area (Å²) in [4.78, 5) is 36.7. The van der Waals surface area contributed by atoms with Crippen LogP contribution in [0.4, 0.5) is 17.6 Å². The summed E-state index contributed by atoms with van der Waals surface area (Å²) in [6, 6.07) is 6.95. The van der Waals surface area contributed by atoms with Gasteiger partial charge in [0.1, 0.15) is 5.82 Å². The summed E-state index contributed by atoms with van der Waals surface area (Å²) in [5, 5.41) is 1.91. The van der Waals surface area contributed by atoms with Crippen LogP contribution >= 0.6 is 0 Å².